The molecule has 0 aromatic carbocycles. The number of ether oxygens (including phenoxy) is 1. The number of hydrogen-bond acceptors (Lipinski definition) is 5. The minimum atomic E-state index is -1.58. The summed E-state index contributed by atoms with van der Waals surface area (Å²) in [5.41, 5.74) is 0.387. The topological polar surface area (TPSA) is 83.9 Å². The first-order valence-corrected chi connectivity index (χ1v) is 5.05. The van der Waals surface area contributed by atoms with E-state index < -0.39 is 17.7 Å². The number of rotatable bonds is 4. The Balaban J connectivity index is 3.24. The summed E-state index contributed by atoms with van der Waals surface area (Å²) >= 11 is 0. The summed E-state index contributed by atoms with van der Waals surface area (Å²) in [6.07, 6.45) is 0. The van der Waals surface area contributed by atoms with Gasteiger partial charge in [-0.15, -0.1) is 0 Å². The molecule has 0 aromatic rings. The van der Waals surface area contributed by atoms with Gasteiger partial charge in [0.1, 0.15) is 17.6 Å². The second kappa shape index (κ2) is 4.84. The van der Waals surface area contributed by atoms with E-state index in [2.05, 4.69) is 0 Å². The quantitative estimate of drug-likeness (QED) is 0.556. The van der Waals surface area contributed by atoms with Crippen LogP contribution in [0.2, 0.25) is 0 Å². The van der Waals surface area contributed by atoms with Gasteiger partial charge < -0.3 is 14.7 Å². The highest BCUT2D eigenvalue weighted by molar-refractivity contribution is 6.35. The number of carbonyl (C=O) groups is 2. The fraction of sp³-hybridized carbons (Fsp3) is 0.455. The molecule has 1 aliphatic heterocycles. The van der Waals surface area contributed by atoms with E-state index >= 15 is 0 Å². The highest BCUT2D eigenvalue weighted by Crippen LogP contribution is 2.35. The smallest absolute Gasteiger partial charge is 0.373 e. The van der Waals surface area contributed by atoms with Gasteiger partial charge in [-0.1, -0.05) is 0 Å². The third-order valence-electron chi connectivity index (χ3n) is 2.57. The average molecular weight is 239 g/mol. The number of allylic oxidation sites excluding steroid dienone is 1. The van der Waals surface area contributed by atoms with Crippen molar-refractivity contribution < 1.29 is 24.2 Å². The molecule has 0 saturated carbocycles. The Hall–Kier alpha value is -2.07. The Morgan fingerprint density at radius 2 is 2.12 bits per heavy atom. The molecule has 0 spiro atoms. The molecule has 1 aliphatic rings. The summed E-state index contributed by atoms with van der Waals surface area (Å²) in [6, 6.07) is 0. The first-order chi connectivity index (χ1) is 7.95. The molecule has 0 radical (unpaired) electrons. The standard InChI is InChI=1S/C11H13NO5/c1-4-17-10-6(2)8(9(14)11(15)16)7(5-13)12(10)3/h8H,4H2,1-3H3,(H,15,16). The molecule has 1 rings (SSSR count). The van der Waals surface area contributed by atoms with Crippen molar-refractivity contribution in [2.75, 3.05) is 13.7 Å². The minimum Gasteiger partial charge on any atom is -0.479 e. The number of carboxylic acids is 1. The number of hydrogen-bond donors (Lipinski definition) is 1. The van der Waals surface area contributed by atoms with Gasteiger partial charge in [-0.25, -0.2) is 9.59 Å². The van der Waals surface area contributed by atoms with Crippen molar-refractivity contribution in [2.45, 2.75) is 13.8 Å². The Morgan fingerprint density at radius 3 is 2.53 bits per heavy atom. The maximum atomic E-state index is 11.5. The van der Waals surface area contributed by atoms with E-state index in [0.717, 1.165) is 0 Å². The second-order valence-electron chi connectivity index (χ2n) is 3.57. The molecule has 92 valence electrons. The molecule has 1 unspecified atom stereocenters. The maximum absolute atomic E-state index is 11.5. The lowest BCUT2D eigenvalue weighted by molar-refractivity contribution is -0.150. The van der Waals surface area contributed by atoms with E-state index in [4.69, 9.17) is 9.84 Å². The summed E-state index contributed by atoms with van der Waals surface area (Å²) in [5, 5.41) is 8.70. The molecule has 6 heteroatoms. The van der Waals surface area contributed by atoms with Crippen LogP contribution in [0, 0.1) is 5.92 Å². The van der Waals surface area contributed by atoms with Crippen LogP contribution in [0.5, 0.6) is 0 Å². The summed E-state index contributed by atoms with van der Waals surface area (Å²) < 4.78 is 5.28. The van der Waals surface area contributed by atoms with Gasteiger partial charge in [-0.05, 0) is 13.8 Å². The van der Waals surface area contributed by atoms with Gasteiger partial charge in [0, 0.05) is 12.6 Å². The number of nitrogens with zero attached hydrogens (tertiary/aromatic N) is 1. The van der Waals surface area contributed by atoms with E-state index in [0.29, 0.717) is 18.1 Å². The van der Waals surface area contributed by atoms with Crippen LogP contribution < -0.4 is 0 Å². The van der Waals surface area contributed by atoms with Crippen LogP contribution in [0.25, 0.3) is 0 Å². The van der Waals surface area contributed by atoms with E-state index in [1.165, 1.54) is 11.9 Å². The van der Waals surface area contributed by atoms with Gasteiger partial charge in [0.25, 0.3) is 5.78 Å². The lowest BCUT2D eigenvalue weighted by Gasteiger charge is -2.16. The average Bonchev–Trinajstić information content (AvgIpc) is 2.52. The molecule has 1 atom stereocenters. The molecular formula is C11H13NO5. The summed E-state index contributed by atoms with van der Waals surface area (Å²) in [7, 11) is 1.53. The zero-order chi connectivity index (χ0) is 13.2. The molecule has 0 bridgehead atoms. The van der Waals surface area contributed by atoms with Gasteiger partial charge in [-0.2, -0.15) is 0 Å². The molecule has 6 nitrogen and oxygen atoms in total. The Labute approximate surface area is 98.2 Å². The zero-order valence-electron chi connectivity index (χ0n) is 9.81. The first kappa shape index (κ1) is 13.0. The third-order valence-corrected chi connectivity index (χ3v) is 2.57. The van der Waals surface area contributed by atoms with Crippen LogP contribution in [0.15, 0.2) is 17.2 Å². The van der Waals surface area contributed by atoms with Gasteiger partial charge in [-0.3, -0.25) is 4.79 Å². The highest BCUT2D eigenvalue weighted by atomic mass is 16.5. The van der Waals surface area contributed by atoms with E-state index in [-0.39, 0.29) is 5.70 Å². The van der Waals surface area contributed by atoms with E-state index in [1.807, 2.05) is 0 Å². The zero-order valence-corrected chi connectivity index (χ0v) is 9.81. The van der Waals surface area contributed by atoms with Gasteiger partial charge in [0.2, 0.25) is 0 Å². The predicted octanol–water partition coefficient (Wildman–Crippen LogP) is 0.185. The molecule has 1 heterocycles. The SMILES string of the molecule is CCOC1=C(C)C(C(=O)C(=O)O)C(=C=O)N1C. The molecule has 17 heavy (non-hydrogen) atoms. The fourth-order valence-electron chi connectivity index (χ4n) is 1.82. The summed E-state index contributed by atoms with van der Waals surface area (Å²) in [6.45, 7) is 3.68. The number of ketones is 1. The van der Waals surface area contributed by atoms with Gasteiger partial charge >= 0.3 is 5.97 Å². The van der Waals surface area contributed by atoms with Crippen LogP contribution in [0.1, 0.15) is 13.8 Å². The molecule has 0 amide bonds. The van der Waals surface area contributed by atoms with Crippen LogP contribution in [0.3, 0.4) is 0 Å². The van der Waals surface area contributed by atoms with Crippen LogP contribution in [-0.2, 0) is 19.1 Å². The molecule has 0 saturated heterocycles. The lowest BCUT2D eigenvalue weighted by atomic mass is 9.96. The van der Waals surface area contributed by atoms with Crippen molar-refractivity contribution in [1.29, 1.82) is 0 Å². The molecule has 0 aromatic heterocycles. The Bertz CT molecular complexity index is 445. The maximum Gasteiger partial charge on any atom is 0.373 e. The normalized spacial score (nSPS) is 19.4. The van der Waals surface area contributed by atoms with Crippen molar-refractivity contribution in [2.24, 2.45) is 5.92 Å². The Morgan fingerprint density at radius 1 is 1.53 bits per heavy atom. The molecular weight excluding hydrogens is 226 g/mol. The van der Waals surface area contributed by atoms with Crippen molar-refractivity contribution in [3.05, 3.63) is 17.2 Å². The number of aliphatic carboxylic acids is 1. The number of carboxylic acid groups (broad SMARTS) is 1. The molecule has 0 aliphatic carbocycles. The van der Waals surface area contributed by atoms with Crippen molar-refractivity contribution >= 4 is 17.7 Å². The van der Waals surface area contributed by atoms with E-state index in [1.54, 1.807) is 19.8 Å². The first-order valence-electron chi connectivity index (χ1n) is 5.05. The van der Waals surface area contributed by atoms with Crippen molar-refractivity contribution in [3.63, 3.8) is 0 Å². The Kier molecular flexibility index (Phi) is 3.70. The largest absolute Gasteiger partial charge is 0.479 e. The highest BCUT2D eigenvalue weighted by Gasteiger charge is 2.41. The monoisotopic (exact) mass is 239 g/mol. The summed E-state index contributed by atoms with van der Waals surface area (Å²) in [5.74, 6) is -1.79. The predicted molar refractivity (Wildman–Crippen MR) is 57.4 cm³/mol. The van der Waals surface area contributed by atoms with Gasteiger partial charge in [0.15, 0.2) is 5.88 Å². The van der Waals surface area contributed by atoms with E-state index in [9.17, 15) is 14.4 Å². The van der Waals surface area contributed by atoms with Crippen molar-refractivity contribution in [1.82, 2.24) is 4.90 Å². The minimum absolute atomic E-state index is 0.0293. The van der Waals surface area contributed by atoms with Crippen LogP contribution in [0.4, 0.5) is 0 Å². The second-order valence-corrected chi connectivity index (χ2v) is 3.57. The van der Waals surface area contributed by atoms with Crippen LogP contribution >= 0.6 is 0 Å². The molecule has 0 fully saturated rings. The van der Waals surface area contributed by atoms with Crippen molar-refractivity contribution in [3.8, 4) is 0 Å². The summed E-state index contributed by atoms with van der Waals surface area (Å²) in [4.78, 5) is 34.4. The number of carbonyl (C=O) groups excluding carboxylic acids is 2. The molecule has 1 N–H and O–H groups in total. The van der Waals surface area contributed by atoms with Gasteiger partial charge in [0.05, 0.1) is 6.61 Å². The van der Waals surface area contributed by atoms with Crippen LogP contribution in [-0.4, -0.2) is 41.4 Å². The lowest BCUT2D eigenvalue weighted by Crippen LogP contribution is -2.27. The fourth-order valence-corrected chi connectivity index (χ4v) is 1.82. The third kappa shape index (κ3) is 2.07. The number of Topliss-reactive ketones (excluding diaryl/α,β-unsaturated/α-hetero) is 1.